The van der Waals surface area contributed by atoms with E-state index < -0.39 is 11.2 Å². The summed E-state index contributed by atoms with van der Waals surface area (Å²) in [4.78, 5) is 43.0. The fourth-order valence-electron chi connectivity index (χ4n) is 4.39. The van der Waals surface area contributed by atoms with Crippen LogP contribution in [0.5, 0.6) is 5.75 Å². The van der Waals surface area contributed by atoms with Crippen LogP contribution < -0.4 is 26.6 Å². The summed E-state index contributed by atoms with van der Waals surface area (Å²) < 4.78 is 7.99. The molecule has 2 heterocycles. The first-order valence-corrected chi connectivity index (χ1v) is 11.8. The van der Waals surface area contributed by atoms with Gasteiger partial charge in [-0.25, -0.2) is 4.79 Å². The van der Waals surface area contributed by atoms with E-state index in [0.717, 1.165) is 34.7 Å². The van der Waals surface area contributed by atoms with E-state index in [9.17, 15) is 14.4 Å². The number of rotatable bonds is 8. The molecule has 0 bridgehead atoms. The van der Waals surface area contributed by atoms with Crippen LogP contribution in [0, 0.1) is 0 Å². The maximum atomic E-state index is 13.2. The molecule has 0 atom stereocenters. The molecule has 1 saturated heterocycles. The number of Topliss-reactive ketones (excluding diaryl/α,β-unsaturated/α-hetero) is 1. The number of ether oxygens (including phenoxy) is 1. The van der Waals surface area contributed by atoms with Crippen LogP contribution in [0.1, 0.15) is 22.8 Å². The van der Waals surface area contributed by atoms with E-state index in [1.54, 1.807) is 0 Å². The van der Waals surface area contributed by atoms with E-state index in [1.807, 2.05) is 66.4 Å². The molecule has 184 valence electrons. The average Bonchev–Trinajstić information content (AvgIpc) is 2.87. The minimum Gasteiger partial charge on any atom is -0.492 e. The van der Waals surface area contributed by atoms with E-state index in [-0.39, 0.29) is 30.3 Å². The van der Waals surface area contributed by atoms with Crippen molar-refractivity contribution < 1.29 is 9.53 Å². The summed E-state index contributed by atoms with van der Waals surface area (Å²) in [6.45, 7) is 5.53. The van der Waals surface area contributed by atoms with Crippen LogP contribution in [-0.4, -0.2) is 59.1 Å². The summed E-state index contributed by atoms with van der Waals surface area (Å²) in [6, 6.07) is 17.2. The van der Waals surface area contributed by atoms with Gasteiger partial charge in [0.15, 0.2) is 5.78 Å². The summed E-state index contributed by atoms with van der Waals surface area (Å²) in [6.07, 6.45) is 0. The molecule has 9 nitrogen and oxygen atoms in total. The molecule has 2 aromatic carbocycles. The molecule has 35 heavy (non-hydrogen) atoms. The Morgan fingerprint density at radius 1 is 0.971 bits per heavy atom. The average molecular weight is 478 g/mol. The van der Waals surface area contributed by atoms with Crippen molar-refractivity contribution in [3.05, 3.63) is 86.6 Å². The predicted octanol–water partition coefficient (Wildman–Crippen LogP) is 1.58. The number of nitrogens with two attached hydrogens (primary N) is 1. The second kappa shape index (κ2) is 10.6. The Morgan fingerprint density at radius 2 is 1.63 bits per heavy atom. The fourth-order valence-corrected chi connectivity index (χ4v) is 4.39. The summed E-state index contributed by atoms with van der Waals surface area (Å²) in [7, 11) is 1.37. The van der Waals surface area contributed by atoms with Gasteiger partial charge in [-0.15, -0.1) is 0 Å². The molecule has 3 aromatic rings. The Bertz CT molecular complexity index is 1310. The first-order valence-electron chi connectivity index (χ1n) is 11.8. The number of nitrogen functional groups attached to an aromatic ring is 1. The lowest BCUT2D eigenvalue weighted by molar-refractivity contribution is 0.0924. The third-order valence-corrected chi connectivity index (χ3v) is 6.29. The molecule has 0 saturated carbocycles. The molecule has 0 amide bonds. The summed E-state index contributed by atoms with van der Waals surface area (Å²) in [5, 5.41) is 0. The lowest BCUT2D eigenvalue weighted by Gasteiger charge is -2.36. The van der Waals surface area contributed by atoms with Gasteiger partial charge in [-0.1, -0.05) is 42.5 Å². The van der Waals surface area contributed by atoms with E-state index in [1.165, 1.54) is 11.6 Å². The monoisotopic (exact) mass is 477 g/mol. The number of carbonyl (C=O) groups is 1. The molecular formula is C26H31N5O4. The molecule has 2 N–H and O–H groups in total. The van der Waals surface area contributed by atoms with Gasteiger partial charge in [0.2, 0.25) is 0 Å². The maximum absolute atomic E-state index is 13.2. The molecular weight excluding hydrogens is 446 g/mol. The molecule has 0 unspecified atom stereocenters. The van der Waals surface area contributed by atoms with Gasteiger partial charge in [0.1, 0.15) is 17.1 Å². The predicted molar refractivity (Wildman–Crippen MR) is 136 cm³/mol. The number of anilines is 2. The molecule has 1 fully saturated rings. The number of para-hydroxylation sites is 2. The van der Waals surface area contributed by atoms with Gasteiger partial charge in [0.05, 0.1) is 25.4 Å². The van der Waals surface area contributed by atoms with Gasteiger partial charge in [0.25, 0.3) is 5.56 Å². The molecule has 4 rings (SSSR count). The van der Waals surface area contributed by atoms with Crippen LogP contribution in [0.3, 0.4) is 0 Å². The molecule has 1 aliphatic rings. The Balaban J connectivity index is 1.50. The number of aromatic nitrogens is 2. The third kappa shape index (κ3) is 5.14. The van der Waals surface area contributed by atoms with Gasteiger partial charge >= 0.3 is 5.69 Å². The minimum atomic E-state index is -0.661. The van der Waals surface area contributed by atoms with Gasteiger partial charge < -0.3 is 15.4 Å². The number of nitrogens with zero attached hydrogens (tertiary/aromatic N) is 4. The zero-order valence-electron chi connectivity index (χ0n) is 20.1. The molecule has 0 radical (unpaired) electrons. The van der Waals surface area contributed by atoms with E-state index in [0.29, 0.717) is 19.7 Å². The fraction of sp³-hybridized carbons (Fsp3) is 0.346. The highest BCUT2D eigenvalue weighted by molar-refractivity contribution is 6.01. The molecule has 1 aliphatic heterocycles. The van der Waals surface area contributed by atoms with Crippen molar-refractivity contribution in [1.82, 2.24) is 14.0 Å². The summed E-state index contributed by atoms with van der Waals surface area (Å²) in [5.74, 6) is 0.376. The highest BCUT2D eigenvalue weighted by atomic mass is 16.5. The van der Waals surface area contributed by atoms with Crippen LogP contribution in [-0.2, 0) is 13.6 Å². The van der Waals surface area contributed by atoms with Crippen LogP contribution in [0.25, 0.3) is 0 Å². The van der Waals surface area contributed by atoms with Crippen LogP contribution in [0.15, 0.2) is 64.2 Å². The van der Waals surface area contributed by atoms with Gasteiger partial charge in [-0.05, 0) is 24.6 Å². The molecule has 0 aliphatic carbocycles. The summed E-state index contributed by atoms with van der Waals surface area (Å²) >= 11 is 0. The van der Waals surface area contributed by atoms with Crippen molar-refractivity contribution in [1.29, 1.82) is 0 Å². The second-order valence-electron chi connectivity index (χ2n) is 8.57. The Morgan fingerprint density at radius 3 is 2.31 bits per heavy atom. The van der Waals surface area contributed by atoms with Crippen molar-refractivity contribution in [3.8, 4) is 5.75 Å². The number of benzene rings is 2. The first-order chi connectivity index (χ1) is 16.9. The van der Waals surface area contributed by atoms with Crippen molar-refractivity contribution >= 4 is 17.3 Å². The second-order valence-corrected chi connectivity index (χ2v) is 8.57. The number of hydrogen-bond acceptors (Lipinski definition) is 7. The van der Waals surface area contributed by atoms with Crippen molar-refractivity contribution in [2.75, 3.05) is 50.0 Å². The Labute approximate surface area is 204 Å². The lowest BCUT2D eigenvalue weighted by Crippen LogP contribution is -2.49. The van der Waals surface area contributed by atoms with Gasteiger partial charge in [-0.3, -0.25) is 23.6 Å². The van der Waals surface area contributed by atoms with E-state index >= 15 is 0 Å². The van der Waals surface area contributed by atoms with Crippen molar-refractivity contribution in [2.24, 2.45) is 7.05 Å². The van der Waals surface area contributed by atoms with Crippen LogP contribution in [0.4, 0.5) is 11.5 Å². The smallest absolute Gasteiger partial charge is 0.332 e. The first kappa shape index (κ1) is 24.3. The van der Waals surface area contributed by atoms with Crippen LogP contribution >= 0.6 is 0 Å². The lowest BCUT2D eigenvalue weighted by atomic mass is 10.1. The molecule has 1 aromatic heterocycles. The molecule has 9 heteroatoms. The van der Waals surface area contributed by atoms with Gasteiger partial charge in [-0.2, -0.15) is 0 Å². The largest absolute Gasteiger partial charge is 0.492 e. The SMILES string of the molecule is CCOc1ccccc1N1CCN(CC(=O)c2c(N)n(Cc3ccccc3)c(=O)n(C)c2=O)CC1. The normalized spacial score (nSPS) is 14.2. The maximum Gasteiger partial charge on any atom is 0.332 e. The van der Waals surface area contributed by atoms with Crippen molar-refractivity contribution in [3.63, 3.8) is 0 Å². The van der Waals surface area contributed by atoms with E-state index in [2.05, 4.69) is 4.90 Å². The number of hydrogen-bond donors (Lipinski definition) is 1. The third-order valence-electron chi connectivity index (χ3n) is 6.29. The molecule has 0 spiro atoms. The number of carbonyl (C=O) groups excluding carboxylic acids is 1. The summed E-state index contributed by atoms with van der Waals surface area (Å²) in [5.41, 5.74) is 6.78. The van der Waals surface area contributed by atoms with Gasteiger partial charge in [0, 0.05) is 33.2 Å². The zero-order valence-corrected chi connectivity index (χ0v) is 20.1. The highest BCUT2D eigenvalue weighted by Gasteiger charge is 2.26. The zero-order chi connectivity index (χ0) is 24.9. The van der Waals surface area contributed by atoms with Crippen molar-refractivity contribution in [2.45, 2.75) is 13.5 Å². The Hall–Kier alpha value is -3.85. The quantitative estimate of drug-likeness (QED) is 0.492. The number of piperazine rings is 1. The highest BCUT2D eigenvalue weighted by Crippen LogP contribution is 2.28. The Kier molecular flexibility index (Phi) is 7.36. The van der Waals surface area contributed by atoms with Crippen LogP contribution in [0.2, 0.25) is 0 Å². The minimum absolute atomic E-state index is 0.0595. The standard InChI is InChI=1S/C26H31N5O4/c1-3-35-22-12-8-7-11-20(22)30-15-13-29(14-16-30)18-21(32)23-24(27)31(26(34)28(2)25(23)33)17-19-9-5-4-6-10-19/h4-12H,3,13-18,27H2,1-2H3. The van der Waals surface area contributed by atoms with E-state index in [4.69, 9.17) is 10.5 Å². The topological polar surface area (TPSA) is 103 Å². The number of ketones is 1.